The van der Waals surface area contributed by atoms with Crippen molar-refractivity contribution in [3.05, 3.63) is 58.6 Å². The molecule has 0 bridgehead atoms. The molecule has 1 atom stereocenters. The highest BCUT2D eigenvalue weighted by molar-refractivity contribution is 7.92. The van der Waals surface area contributed by atoms with Gasteiger partial charge in [0.1, 0.15) is 12.3 Å². The lowest BCUT2D eigenvalue weighted by molar-refractivity contribution is -0.120. The van der Waals surface area contributed by atoms with Crippen LogP contribution in [0, 0.1) is 6.92 Å². The van der Waals surface area contributed by atoms with Crippen LogP contribution >= 0.6 is 11.6 Å². The second-order valence-electron chi connectivity index (χ2n) is 6.46. The van der Waals surface area contributed by atoms with Crippen LogP contribution in [0.2, 0.25) is 5.02 Å². The van der Waals surface area contributed by atoms with Gasteiger partial charge >= 0.3 is 0 Å². The quantitative estimate of drug-likeness (QED) is 0.701. The Bertz CT molecular complexity index is 930. The first-order valence-corrected chi connectivity index (χ1v) is 11.1. The van der Waals surface area contributed by atoms with Gasteiger partial charge < -0.3 is 10.1 Å². The van der Waals surface area contributed by atoms with Crippen LogP contribution in [0.1, 0.15) is 30.5 Å². The molecule has 0 saturated carbocycles. The highest BCUT2D eigenvalue weighted by Gasteiger charge is 2.24. The van der Waals surface area contributed by atoms with Gasteiger partial charge in [0.15, 0.2) is 0 Å². The van der Waals surface area contributed by atoms with Gasteiger partial charge in [0.2, 0.25) is 15.9 Å². The molecule has 0 saturated heterocycles. The van der Waals surface area contributed by atoms with Crippen molar-refractivity contribution in [3.8, 4) is 5.75 Å². The molecule has 0 heterocycles. The summed E-state index contributed by atoms with van der Waals surface area (Å²) >= 11 is 6.12. The fraction of sp³-hybridized carbons (Fsp3) is 0.350. The van der Waals surface area contributed by atoms with Gasteiger partial charge in [-0.15, -0.1) is 0 Å². The van der Waals surface area contributed by atoms with Gasteiger partial charge in [-0.1, -0.05) is 36.7 Å². The van der Waals surface area contributed by atoms with Crippen molar-refractivity contribution in [2.75, 3.05) is 24.2 Å². The maximum atomic E-state index is 12.7. The number of methoxy groups -OCH3 is 1. The van der Waals surface area contributed by atoms with Crippen molar-refractivity contribution in [1.82, 2.24) is 5.32 Å². The summed E-state index contributed by atoms with van der Waals surface area (Å²) in [5, 5.41) is 3.35. The summed E-state index contributed by atoms with van der Waals surface area (Å²) in [5.41, 5.74) is 1.91. The first kappa shape index (κ1) is 22.0. The number of sulfonamides is 1. The standard InChI is InChI=1S/C20H25ClN2O4S/c1-5-18(15-9-11-16(27-3)12-10-15)22-20(24)13-23(28(4,25)26)19-8-6-7-17(21)14(19)2/h6-12,18H,5,13H2,1-4H3,(H,22,24)/t18-/m0/s1. The number of nitrogens with zero attached hydrogens (tertiary/aromatic N) is 1. The first-order chi connectivity index (χ1) is 13.2. The maximum Gasteiger partial charge on any atom is 0.241 e. The summed E-state index contributed by atoms with van der Waals surface area (Å²) < 4.78 is 30.9. The topological polar surface area (TPSA) is 75.7 Å². The molecule has 6 nitrogen and oxygen atoms in total. The van der Waals surface area contributed by atoms with Crippen molar-refractivity contribution >= 4 is 33.2 Å². The van der Waals surface area contributed by atoms with Gasteiger partial charge in [-0.25, -0.2) is 8.42 Å². The zero-order valence-electron chi connectivity index (χ0n) is 16.4. The number of nitrogens with one attached hydrogen (secondary N) is 1. The largest absolute Gasteiger partial charge is 0.497 e. The highest BCUT2D eigenvalue weighted by atomic mass is 35.5. The molecular weight excluding hydrogens is 400 g/mol. The second-order valence-corrected chi connectivity index (χ2v) is 8.77. The van der Waals surface area contributed by atoms with E-state index in [-0.39, 0.29) is 12.6 Å². The number of rotatable bonds is 8. The van der Waals surface area contributed by atoms with Crippen LogP contribution in [-0.2, 0) is 14.8 Å². The molecule has 2 aromatic carbocycles. The predicted molar refractivity (Wildman–Crippen MR) is 113 cm³/mol. The van der Waals surface area contributed by atoms with Crippen LogP contribution in [0.15, 0.2) is 42.5 Å². The molecule has 8 heteroatoms. The number of carbonyl (C=O) groups is 1. The monoisotopic (exact) mass is 424 g/mol. The van der Waals surface area contributed by atoms with Crippen LogP contribution < -0.4 is 14.4 Å². The molecule has 0 aliphatic rings. The van der Waals surface area contributed by atoms with Gasteiger partial charge in [-0.3, -0.25) is 9.10 Å². The molecule has 0 aromatic heterocycles. The Balaban J connectivity index is 2.22. The third kappa shape index (κ3) is 5.39. The molecule has 2 aromatic rings. The zero-order valence-corrected chi connectivity index (χ0v) is 18.0. The van der Waals surface area contributed by atoms with E-state index >= 15 is 0 Å². The lowest BCUT2D eigenvalue weighted by Gasteiger charge is -2.25. The van der Waals surface area contributed by atoms with Crippen LogP contribution in [0.5, 0.6) is 5.75 Å². The molecule has 0 aliphatic carbocycles. The number of halogens is 1. The first-order valence-electron chi connectivity index (χ1n) is 8.83. The van der Waals surface area contributed by atoms with E-state index in [1.54, 1.807) is 32.2 Å². The van der Waals surface area contributed by atoms with Crippen LogP contribution in [-0.4, -0.2) is 34.2 Å². The molecule has 1 N–H and O–H groups in total. The summed E-state index contributed by atoms with van der Waals surface area (Å²) in [4.78, 5) is 12.7. The molecule has 0 fully saturated rings. The minimum absolute atomic E-state index is 0.236. The number of anilines is 1. The van der Waals surface area contributed by atoms with Gasteiger partial charge in [-0.2, -0.15) is 0 Å². The number of carbonyl (C=O) groups excluding carboxylic acids is 1. The molecule has 28 heavy (non-hydrogen) atoms. The van der Waals surface area contributed by atoms with E-state index in [0.717, 1.165) is 21.9 Å². The van der Waals surface area contributed by atoms with E-state index in [4.69, 9.17) is 16.3 Å². The Labute approximate surface area is 171 Å². The average Bonchev–Trinajstić information content (AvgIpc) is 2.66. The third-order valence-corrected chi connectivity index (χ3v) is 5.99. The average molecular weight is 425 g/mol. The van der Waals surface area contributed by atoms with E-state index in [0.29, 0.717) is 22.7 Å². The molecule has 0 spiro atoms. The highest BCUT2D eigenvalue weighted by Crippen LogP contribution is 2.28. The number of ether oxygens (including phenoxy) is 1. The van der Waals surface area contributed by atoms with Crippen molar-refractivity contribution in [3.63, 3.8) is 0 Å². The van der Waals surface area contributed by atoms with Crippen LogP contribution in [0.4, 0.5) is 5.69 Å². The summed E-state index contributed by atoms with van der Waals surface area (Å²) in [6.45, 7) is 3.34. The Kier molecular flexibility index (Phi) is 7.32. The van der Waals surface area contributed by atoms with E-state index in [1.807, 2.05) is 31.2 Å². The molecule has 0 unspecified atom stereocenters. The zero-order chi connectivity index (χ0) is 20.9. The third-order valence-electron chi connectivity index (χ3n) is 4.46. The molecule has 1 amide bonds. The number of hydrogen-bond donors (Lipinski definition) is 1. The predicted octanol–water partition coefficient (Wildman–Crippen LogP) is 3.69. The fourth-order valence-corrected chi connectivity index (χ4v) is 3.95. The van der Waals surface area contributed by atoms with Crippen molar-refractivity contribution in [2.45, 2.75) is 26.3 Å². The second kappa shape index (κ2) is 9.30. The Morgan fingerprint density at radius 1 is 1.21 bits per heavy atom. The summed E-state index contributed by atoms with van der Waals surface area (Å²) in [6.07, 6.45) is 1.73. The van der Waals surface area contributed by atoms with Gasteiger partial charge in [0.05, 0.1) is 25.1 Å². The van der Waals surface area contributed by atoms with Crippen molar-refractivity contribution in [1.29, 1.82) is 0 Å². The molecule has 2 rings (SSSR count). The van der Waals surface area contributed by atoms with Gasteiger partial charge in [0.25, 0.3) is 0 Å². The maximum absolute atomic E-state index is 12.7. The van der Waals surface area contributed by atoms with Crippen molar-refractivity contribution in [2.24, 2.45) is 0 Å². The SMILES string of the molecule is CC[C@H](NC(=O)CN(c1cccc(Cl)c1C)S(C)(=O)=O)c1ccc(OC)cc1. The Morgan fingerprint density at radius 2 is 1.86 bits per heavy atom. The lowest BCUT2D eigenvalue weighted by Crippen LogP contribution is -2.41. The lowest BCUT2D eigenvalue weighted by atomic mass is 10.0. The minimum Gasteiger partial charge on any atom is -0.497 e. The molecule has 0 aliphatic heterocycles. The number of benzene rings is 2. The van der Waals surface area contributed by atoms with Gasteiger partial charge in [0, 0.05) is 5.02 Å². The summed E-state index contributed by atoms with van der Waals surface area (Å²) in [7, 11) is -2.08. The molecular formula is C20H25ClN2O4S. The van der Waals surface area contributed by atoms with Crippen molar-refractivity contribution < 1.29 is 17.9 Å². The molecule has 152 valence electrons. The van der Waals surface area contributed by atoms with Crippen LogP contribution in [0.3, 0.4) is 0 Å². The normalized spacial score (nSPS) is 12.3. The van der Waals surface area contributed by atoms with E-state index in [2.05, 4.69) is 5.32 Å². The fourth-order valence-electron chi connectivity index (χ4n) is 2.88. The number of amides is 1. The summed E-state index contributed by atoms with van der Waals surface area (Å²) in [6, 6.07) is 12.1. The Morgan fingerprint density at radius 3 is 2.39 bits per heavy atom. The Hall–Kier alpha value is -2.25. The van der Waals surface area contributed by atoms with Crippen LogP contribution in [0.25, 0.3) is 0 Å². The van der Waals surface area contributed by atoms with E-state index in [1.165, 1.54) is 0 Å². The van der Waals surface area contributed by atoms with Gasteiger partial charge in [-0.05, 0) is 48.7 Å². The summed E-state index contributed by atoms with van der Waals surface area (Å²) in [5.74, 6) is 0.331. The molecule has 0 radical (unpaired) electrons. The van der Waals surface area contributed by atoms with E-state index in [9.17, 15) is 13.2 Å². The minimum atomic E-state index is -3.67. The van der Waals surface area contributed by atoms with E-state index < -0.39 is 15.9 Å². The smallest absolute Gasteiger partial charge is 0.241 e. The number of hydrogen-bond acceptors (Lipinski definition) is 4.